The minimum atomic E-state index is 0. The minimum absolute atomic E-state index is 0. The van der Waals surface area contributed by atoms with Crippen LogP contribution in [0.5, 0.6) is 0 Å². The Bertz CT molecular complexity index is 452. The Labute approximate surface area is 168 Å². The lowest BCUT2D eigenvalue weighted by Crippen LogP contribution is -2.64. The molecule has 0 saturated carbocycles. The average Bonchev–Trinajstić information content (AvgIpc) is 3.18. The molecular weight excluding hydrogens is 433 g/mol. The first-order valence-electron chi connectivity index (χ1n) is 9.48. The summed E-state index contributed by atoms with van der Waals surface area (Å²) >= 11 is 0. The molecule has 5 rings (SSSR count). The Morgan fingerprint density at radius 1 is 1.04 bits per heavy atom. The fourth-order valence-electron chi connectivity index (χ4n) is 4.45. The molecule has 0 aromatic rings. The zero-order valence-electron chi connectivity index (χ0n) is 15.2. The summed E-state index contributed by atoms with van der Waals surface area (Å²) in [4.78, 5) is 12.1. The van der Waals surface area contributed by atoms with E-state index in [4.69, 9.17) is 9.47 Å². The summed E-state index contributed by atoms with van der Waals surface area (Å²) in [5, 5.41) is 3.62. The largest absolute Gasteiger partial charge is 0.375 e. The van der Waals surface area contributed by atoms with Crippen molar-refractivity contribution < 1.29 is 9.47 Å². The maximum atomic E-state index is 5.96. The van der Waals surface area contributed by atoms with E-state index in [0.29, 0.717) is 6.04 Å². The molecule has 0 aromatic carbocycles. The number of nitrogens with one attached hydrogen (secondary N) is 1. The molecule has 5 heterocycles. The summed E-state index contributed by atoms with van der Waals surface area (Å²) in [6, 6.07) is 0.610. The van der Waals surface area contributed by atoms with Crippen molar-refractivity contribution in [3.63, 3.8) is 0 Å². The molecule has 5 aliphatic heterocycles. The summed E-state index contributed by atoms with van der Waals surface area (Å²) in [7, 11) is 1.88. The van der Waals surface area contributed by atoms with Crippen LogP contribution in [0.2, 0.25) is 0 Å². The smallest absolute Gasteiger partial charge is 0.193 e. The van der Waals surface area contributed by atoms with Gasteiger partial charge < -0.3 is 19.7 Å². The number of ether oxygens (including phenoxy) is 2. The highest BCUT2D eigenvalue weighted by Crippen LogP contribution is 2.21. The van der Waals surface area contributed by atoms with Crippen LogP contribution < -0.4 is 5.32 Å². The molecule has 144 valence electrons. The molecule has 5 aliphatic rings. The molecule has 0 amide bonds. The summed E-state index contributed by atoms with van der Waals surface area (Å²) in [5.41, 5.74) is 0. The van der Waals surface area contributed by atoms with Gasteiger partial charge in [0.1, 0.15) is 6.10 Å². The Morgan fingerprint density at radius 3 is 2.48 bits per heavy atom. The van der Waals surface area contributed by atoms with Crippen LogP contribution in [0.1, 0.15) is 12.8 Å². The zero-order valence-corrected chi connectivity index (χ0v) is 17.6. The van der Waals surface area contributed by atoms with Gasteiger partial charge >= 0.3 is 0 Å². The SMILES string of the molecule is CN=C(NCC1CN2CCN1CC2)N1CCOC(C2CCCO2)C1.I. The monoisotopic (exact) mass is 465 g/mol. The average molecular weight is 465 g/mol. The molecule has 7 nitrogen and oxygen atoms in total. The molecule has 2 bridgehead atoms. The van der Waals surface area contributed by atoms with Crippen LogP contribution in [0.15, 0.2) is 4.99 Å². The van der Waals surface area contributed by atoms with Gasteiger partial charge in [0.05, 0.1) is 12.7 Å². The molecular formula is C17H32IN5O2. The third-order valence-corrected chi connectivity index (χ3v) is 5.87. The molecule has 0 spiro atoms. The molecule has 5 fully saturated rings. The number of nitrogens with zero attached hydrogens (tertiary/aromatic N) is 4. The summed E-state index contributed by atoms with van der Waals surface area (Å²) in [6.07, 6.45) is 2.72. The molecule has 0 radical (unpaired) electrons. The lowest BCUT2D eigenvalue weighted by molar-refractivity contribution is -0.0818. The van der Waals surface area contributed by atoms with Crippen LogP contribution in [0.3, 0.4) is 0 Å². The van der Waals surface area contributed by atoms with Crippen molar-refractivity contribution in [1.82, 2.24) is 20.0 Å². The predicted octanol–water partition coefficient (Wildman–Crippen LogP) is 0.0594. The quantitative estimate of drug-likeness (QED) is 0.362. The Morgan fingerprint density at radius 2 is 1.84 bits per heavy atom. The van der Waals surface area contributed by atoms with Crippen molar-refractivity contribution in [2.75, 3.05) is 72.6 Å². The Kier molecular flexibility index (Phi) is 7.18. The fraction of sp³-hybridized carbons (Fsp3) is 0.941. The van der Waals surface area contributed by atoms with Gasteiger partial charge in [-0.1, -0.05) is 0 Å². The van der Waals surface area contributed by atoms with E-state index in [0.717, 1.165) is 51.6 Å². The van der Waals surface area contributed by atoms with Gasteiger partial charge in [-0.3, -0.25) is 14.8 Å². The maximum Gasteiger partial charge on any atom is 0.193 e. The minimum Gasteiger partial charge on any atom is -0.375 e. The van der Waals surface area contributed by atoms with Crippen molar-refractivity contribution in [2.24, 2.45) is 4.99 Å². The zero-order chi connectivity index (χ0) is 16.4. The number of fused-ring (bicyclic) bond motifs is 3. The molecule has 5 saturated heterocycles. The number of piperazine rings is 3. The molecule has 8 heteroatoms. The van der Waals surface area contributed by atoms with Crippen LogP contribution in [-0.4, -0.2) is 112 Å². The standard InChI is InChI=1S/C17H31N5O2.HI/c1-18-17(19-11-14-12-20-4-6-21(14)7-5-20)22-8-10-24-16(13-22)15-3-2-9-23-15;/h14-16H,2-13H2,1H3,(H,18,19);1H. The number of hydrogen-bond acceptors (Lipinski definition) is 5. The van der Waals surface area contributed by atoms with E-state index in [2.05, 4.69) is 25.0 Å². The molecule has 0 aromatic heterocycles. The van der Waals surface area contributed by atoms with Gasteiger partial charge in [0.2, 0.25) is 0 Å². The van der Waals surface area contributed by atoms with E-state index >= 15 is 0 Å². The van der Waals surface area contributed by atoms with Gasteiger partial charge in [0.25, 0.3) is 0 Å². The molecule has 1 N–H and O–H groups in total. The van der Waals surface area contributed by atoms with Crippen molar-refractivity contribution in [2.45, 2.75) is 31.1 Å². The first-order valence-corrected chi connectivity index (χ1v) is 9.48. The summed E-state index contributed by atoms with van der Waals surface area (Å²) in [5.74, 6) is 1.01. The van der Waals surface area contributed by atoms with Crippen LogP contribution in [0.4, 0.5) is 0 Å². The van der Waals surface area contributed by atoms with E-state index < -0.39 is 0 Å². The van der Waals surface area contributed by atoms with Gasteiger partial charge in [-0.2, -0.15) is 0 Å². The number of guanidine groups is 1. The van der Waals surface area contributed by atoms with E-state index in [1.165, 1.54) is 32.7 Å². The van der Waals surface area contributed by atoms with Gasteiger partial charge in [0.15, 0.2) is 5.96 Å². The third-order valence-electron chi connectivity index (χ3n) is 5.87. The Balaban J connectivity index is 0.00000182. The summed E-state index contributed by atoms with van der Waals surface area (Å²) in [6.45, 7) is 10.5. The molecule has 3 atom stereocenters. The van der Waals surface area contributed by atoms with Crippen LogP contribution in [0, 0.1) is 0 Å². The van der Waals surface area contributed by atoms with Crippen molar-refractivity contribution in [1.29, 1.82) is 0 Å². The topological polar surface area (TPSA) is 52.6 Å². The number of hydrogen-bond donors (Lipinski definition) is 1. The molecule has 3 unspecified atom stereocenters. The van der Waals surface area contributed by atoms with Gasteiger partial charge in [-0.15, -0.1) is 24.0 Å². The normalized spacial score (nSPS) is 38.5. The first-order chi connectivity index (χ1) is 11.8. The number of aliphatic imine (C=N–C) groups is 1. The highest BCUT2D eigenvalue weighted by Gasteiger charge is 2.34. The predicted molar refractivity (Wildman–Crippen MR) is 109 cm³/mol. The van der Waals surface area contributed by atoms with Crippen molar-refractivity contribution in [3.05, 3.63) is 0 Å². The first kappa shape index (κ1) is 19.6. The van der Waals surface area contributed by atoms with E-state index in [1.807, 2.05) is 7.05 Å². The van der Waals surface area contributed by atoms with Crippen LogP contribution in [0.25, 0.3) is 0 Å². The van der Waals surface area contributed by atoms with E-state index in [-0.39, 0.29) is 36.2 Å². The second-order valence-electron chi connectivity index (χ2n) is 7.33. The van der Waals surface area contributed by atoms with Gasteiger partial charge in [0, 0.05) is 72.1 Å². The number of morpholine rings is 1. The number of halogens is 1. The third kappa shape index (κ3) is 4.58. The van der Waals surface area contributed by atoms with Gasteiger partial charge in [-0.05, 0) is 12.8 Å². The fourth-order valence-corrected chi connectivity index (χ4v) is 4.45. The molecule has 25 heavy (non-hydrogen) atoms. The van der Waals surface area contributed by atoms with Crippen LogP contribution in [-0.2, 0) is 9.47 Å². The maximum absolute atomic E-state index is 5.96. The summed E-state index contributed by atoms with van der Waals surface area (Å²) < 4.78 is 11.8. The molecule has 0 aliphatic carbocycles. The lowest BCUT2D eigenvalue weighted by Gasteiger charge is -2.47. The Hall–Kier alpha value is -0.160. The van der Waals surface area contributed by atoms with Crippen molar-refractivity contribution in [3.8, 4) is 0 Å². The van der Waals surface area contributed by atoms with Gasteiger partial charge in [-0.25, -0.2) is 0 Å². The lowest BCUT2D eigenvalue weighted by atomic mass is 10.1. The second-order valence-corrected chi connectivity index (χ2v) is 7.33. The van der Waals surface area contributed by atoms with Crippen LogP contribution >= 0.6 is 24.0 Å². The highest BCUT2D eigenvalue weighted by molar-refractivity contribution is 14.0. The highest BCUT2D eigenvalue weighted by atomic mass is 127. The van der Waals surface area contributed by atoms with E-state index in [9.17, 15) is 0 Å². The number of rotatable bonds is 3. The van der Waals surface area contributed by atoms with Crippen molar-refractivity contribution >= 4 is 29.9 Å². The second kappa shape index (κ2) is 9.16. The van der Waals surface area contributed by atoms with E-state index in [1.54, 1.807) is 0 Å².